The first-order valence-corrected chi connectivity index (χ1v) is 8.72. The second-order valence-electron chi connectivity index (χ2n) is 6.15. The van der Waals surface area contributed by atoms with Gasteiger partial charge in [0.2, 0.25) is 0 Å². The average Bonchev–Trinajstić information content (AvgIpc) is 2.70. The first-order valence-electron chi connectivity index (χ1n) is 8.72. The van der Waals surface area contributed by atoms with E-state index in [1.807, 2.05) is 37.3 Å². The molecule has 0 spiro atoms. The molecule has 1 aromatic heterocycles. The second-order valence-corrected chi connectivity index (χ2v) is 6.15. The fourth-order valence-electron chi connectivity index (χ4n) is 2.73. The summed E-state index contributed by atoms with van der Waals surface area (Å²) in [5.74, 6) is -0.586. The Morgan fingerprint density at radius 1 is 1.00 bits per heavy atom. The van der Waals surface area contributed by atoms with Crippen molar-refractivity contribution in [3.63, 3.8) is 0 Å². The standard InChI is InChI=1S/C21H20FN3O2/c1-2-24(14-16-6-4-3-5-7-16)21(27)19-12-13-20(26)25(23-19)15-17-8-10-18(22)11-9-17/h3-13H,2,14-15H2,1H3. The highest BCUT2D eigenvalue weighted by atomic mass is 19.1. The largest absolute Gasteiger partial charge is 0.333 e. The monoisotopic (exact) mass is 365 g/mol. The summed E-state index contributed by atoms with van der Waals surface area (Å²) in [5, 5.41) is 4.22. The van der Waals surface area contributed by atoms with Crippen LogP contribution < -0.4 is 5.56 Å². The van der Waals surface area contributed by atoms with E-state index in [0.717, 1.165) is 11.1 Å². The molecule has 0 unspecified atom stereocenters. The molecule has 0 N–H and O–H groups in total. The van der Waals surface area contributed by atoms with Crippen LogP contribution in [-0.4, -0.2) is 27.1 Å². The highest BCUT2D eigenvalue weighted by molar-refractivity contribution is 5.92. The molecule has 27 heavy (non-hydrogen) atoms. The molecule has 6 heteroatoms. The molecule has 0 aliphatic carbocycles. The van der Waals surface area contributed by atoms with Crippen molar-refractivity contribution in [2.45, 2.75) is 20.0 Å². The van der Waals surface area contributed by atoms with Crippen LogP contribution in [0, 0.1) is 5.82 Å². The van der Waals surface area contributed by atoms with Gasteiger partial charge in [-0.05, 0) is 36.2 Å². The number of carbonyl (C=O) groups excluding carboxylic acids is 1. The average molecular weight is 365 g/mol. The Morgan fingerprint density at radius 3 is 2.37 bits per heavy atom. The number of hydrogen-bond acceptors (Lipinski definition) is 3. The van der Waals surface area contributed by atoms with Gasteiger partial charge in [-0.2, -0.15) is 5.10 Å². The predicted octanol–water partition coefficient (Wildman–Crippen LogP) is 3.09. The van der Waals surface area contributed by atoms with E-state index in [1.54, 1.807) is 17.0 Å². The van der Waals surface area contributed by atoms with Crippen LogP contribution in [0.25, 0.3) is 0 Å². The number of halogens is 1. The van der Waals surface area contributed by atoms with Gasteiger partial charge in [-0.3, -0.25) is 9.59 Å². The van der Waals surface area contributed by atoms with E-state index in [2.05, 4.69) is 5.10 Å². The molecule has 0 bridgehead atoms. The third-order valence-electron chi connectivity index (χ3n) is 4.22. The summed E-state index contributed by atoms with van der Waals surface area (Å²) < 4.78 is 14.3. The fourth-order valence-corrected chi connectivity index (χ4v) is 2.73. The van der Waals surface area contributed by atoms with Gasteiger partial charge in [0.25, 0.3) is 11.5 Å². The van der Waals surface area contributed by atoms with E-state index in [1.165, 1.54) is 28.9 Å². The van der Waals surface area contributed by atoms with Gasteiger partial charge in [0.05, 0.1) is 6.54 Å². The molecule has 0 saturated heterocycles. The van der Waals surface area contributed by atoms with Crippen LogP contribution >= 0.6 is 0 Å². The van der Waals surface area contributed by atoms with Gasteiger partial charge >= 0.3 is 0 Å². The van der Waals surface area contributed by atoms with Crippen molar-refractivity contribution in [1.82, 2.24) is 14.7 Å². The summed E-state index contributed by atoms with van der Waals surface area (Å²) in [6.45, 7) is 3.06. The zero-order valence-corrected chi connectivity index (χ0v) is 15.0. The maximum Gasteiger partial charge on any atom is 0.274 e. The van der Waals surface area contributed by atoms with Gasteiger partial charge in [-0.15, -0.1) is 0 Å². The van der Waals surface area contributed by atoms with Crippen molar-refractivity contribution in [3.8, 4) is 0 Å². The molecule has 3 rings (SSSR count). The number of benzene rings is 2. The van der Waals surface area contributed by atoms with Crippen molar-refractivity contribution in [3.05, 3.63) is 99.7 Å². The Hall–Kier alpha value is -3.28. The zero-order valence-electron chi connectivity index (χ0n) is 15.0. The van der Waals surface area contributed by atoms with Crippen LogP contribution in [-0.2, 0) is 13.1 Å². The molecule has 138 valence electrons. The maximum absolute atomic E-state index is 13.0. The predicted molar refractivity (Wildman–Crippen MR) is 101 cm³/mol. The summed E-state index contributed by atoms with van der Waals surface area (Å²) in [4.78, 5) is 26.6. The summed E-state index contributed by atoms with van der Waals surface area (Å²) in [5.41, 5.74) is 1.64. The normalized spacial score (nSPS) is 10.6. The number of hydrogen-bond donors (Lipinski definition) is 0. The smallest absolute Gasteiger partial charge is 0.274 e. The highest BCUT2D eigenvalue weighted by Gasteiger charge is 2.17. The fraction of sp³-hybridized carbons (Fsp3) is 0.190. The van der Waals surface area contributed by atoms with Crippen LogP contribution in [0.1, 0.15) is 28.5 Å². The van der Waals surface area contributed by atoms with Gasteiger partial charge in [0.1, 0.15) is 11.5 Å². The highest BCUT2D eigenvalue weighted by Crippen LogP contribution is 2.09. The van der Waals surface area contributed by atoms with E-state index < -0.39 is 0 Å². The minimum atomic E-state index is -0.345. The van der Waals surface area contributed by atoms with Crippen molar-refractivity contribution >= 4 is 5.91 Å². The van der Waals surface area contributed by atoms with E-state index in [-0.39, 0.29) is 29.5 Å². The summed E-state index contributed by atoms with van der Waals surface area (Å²) in [6, 6.07) is 18.3. The lowest BCUT2D eigenvalue weighted by atomic mass is 10.2. The lowest BCUT2D eigenvalue weighted by Gasteiger charge is -2.20. The first kappa shape index (κ1) is 18.5. The topological polar surface area (TPSA) is 55.2 Å². The zero-order chi connectivity index (χ0) is 19.2. The van der Waals surface area contributed by atoms with Gasteiger partial charge in [-0.1, -0.05) is 42.5 Å². The molecule has 0 atom stereocenters. The second kappa shape index (κ2) is 8.40. The van der Waals surface area contributed by atoms with Gasteiger partial charge in [0.15, 0.2) is 0 Å². The number of amides is 1. The Kier molecular flexibility index (Phi) is 5.76. The van der Waals surface area contributed by atoms with Crippen LogP contribution in [0.15, 0.2) is 71.5 Å². The number of nitrogens with zero attached hydrogens (tertiary/aromatic N) is 3. The molecule has 0 saturated carbocycles. The molecule has 0 aliphatic rings. The van der Waals surface area contributed by atoms with Crippen LogP contribution in [0.2, 0.25) is 0 Å². The van der Waals surface area contributed by atoms with Crippen LogP contribution in [0.5, 0.6) is 0 Å². The molecular formula is C21H20FN3O2. The lowest BCUT2D eigenvalue weighted by molar-refractivity contribution is 0.0744. The van der Waals surface area contributed by atoms with Crippen LogP contribution in [0.3, 0.4) is 0 Å². The Morgan fingerprint density at radius 2 is 1.70 bits per heavy atom. The third kappa shape index (κ3) is 4.67. The van der Waals surface area contributed by atoms with E-state index >= 15 is 0 Å². The minimum Gasteiger partial charge on any atom is -0.333 e. The quantitative estimate of drug-likeness (QED) is 0.675. The Balaban J connectivity index is 1.82. The molecule has 3 aromatic rings. The molecule has 0 radical (unpaired) electrons. The van der Waals surface area contributed by atoms with Gasteiger partial charge < -0.3 is 4.90 Å². The van der Waals surface area contributed by atoms with Crippen molar-refractivity contribution in [1.29, 1.82) is 0 Å². The molecule has 2 aromatic carbocycles. The summed E-state index contributed by atoms with van der Waals surface area (Å²) in [6.07, 6.45) is 0. The van der Waals surface area contributed by atoms with Gasteiger partial charge in [0, 0.05) is 19.2 Å². The molecule has 1 amide bonds. The Labute approximate surface area is 156 Å². The molecule has 0 aliphatic heterocycles. The minimum absolute atomic E-state index is 0.172. The summed E-state index contributed by atoms with van der Waals surface area (Å²) >= 11 is 0. The maximum atomic E-state index is 13.0. The Bertz CT molecular complexity index is 969. The third-order valence-corrected chi connectivity index (χ3v) is 4.22. The molecular weight excluding hydrogens is 345 g/mol. The van der Waals surface area contributed by atoms with Gasteiger partial charge in [-0.25, -0.2) is 9.07 Å². The summed E-state index contributed by atoms with van der Waals surface area (Å²) in [7, 11) is 0. The van der Waals surface area contributed by atoms with E-state index in [0.29, 0.717) is 13.1 Å². The van der Waals surface area contributed by atoms with Crippen LogP contribution in [0.4, 0.5) is 4.39 Å². The van der Waals surface area contributed by atoms with E-state index in [9.17, 15) is 14.0 Å². The number of carbonyl (C=O) groups is 1. The SMILES string of the molecule is CCN(Cc1ccccc1)C(=O)c1ccc(=O)n(Cc2ccc(F)cc2)n1. The molecule has 5 nitrogen and oxygen atoms in total. The number of aromatic nitrogens is 2. The van der Waals surface area contributed by atoms with Crippen molar-refractivity contribution in [2.75, 3.05) is 6.54 Å². The van der Waals surface area contributed by atoms with Crippen molar-refractivity contribution in [2.24, 2.45) is 0 Å². The van der Waals surface area contributed by atoms with E-state index in [4.69, 9.17) is 0 Å². The molecule has 0 fully saturated rings. The molecule has 1 heterocycles. The number of rotatable bonds is 6. The van der Waals surface area contributed by atoms with Crippen molar-refractivity contribution < 1.29 is 9.18 Å². The first-order chi connectivity index (χ1) is 13.1. The lowest BCUT2D eigenvalue weighted by Crippen LogP contribution is -2.33.